The highest BCUT2D eigenvalue weighted by atomic mass is 16.3. The Hall–Kier alpha value is -0.610. The van der Waals surface area contributed by atoms with Crippen molar-refractivity contribution in [1.82, 2.24) is 4.90 Å². The predicted molar refractivity (Wildman–Crippen MR) is 45.4 cm³/mol. The molecule has 1 heterocycles. The Bertz CT molecular complexity index is 166. The van der Waals surface area contributed by atoms with E-state index in [-0.39, 0.29) is 18.6 Å². The maximum absolute atomic E-state index is 10.9. The Morgan fingerprint density at radius 3 is 2.67 bits per heavy atom. The average Bonchev–Trinajstić information content (AvgIpc) is 1.94. The number of aliphatic hydroxyl groups is 1. The maximum Gasteiger partial charge on any atom is 0.234 e. The van der Waals surface area contributed by atoms with E-state index in [0.29, 0.717) is 5.92 Å². The van der Waals surface area contributed by atoms with Gasteiger partial charge in [0, 0.05) is 25.6 Å². The Balaban J connectivity index is 2.34. The zero-order valence-corrected chi connectivity index (χ0v) is 7.36. The summed E-state index contributed by atoms with van der Waals surface area (Å²) < 4.78 is 0. The van der Waals surface area contributed by atoms with Gasteiger partial charge in [0.05, 0.1) is 6.04 Å². The van der Waals surface area contributed by atoms with Crippen LogP contribution in [0.3, 0.4) is 0 Å². The standard InChI is InChI=1S/C8H16N2O2/c1-2-7(8(9)12)10-3-6(4-10)5-11/h6-7,11H,2-5H2,1H3,(H2,9,12). The fourth-order valence-corrected chi connectivity index (χ4v) is 1.62. The van der Waals surface area contributed by atoms with Crippen LogP contribution in [0.4, 0.5) is 0 Å². The van der Waals surface area contributed by atoms with Gasteiger partial charge in [-0.2, -0.15) is 0 Å². The highest BCUT2D eigenvalue weighted by Crippen LogP contribution is 2.19. The Morgan fingerprint density at radius 1 is 1.75 bits per heavy atom. The van der Waals surface area contributed by atoms with E-state index in [0.717, 1.165) is 19.5 Å². The number of likely N-dealkylation sites (tertiary alicyclic amines) is 1. The van der Waals surface area contributed by atoms with Gasteiger partial charge in [-0.25, -0.2) is 0 Å². The van der Waals surface area contributed by atoms with E-state index >= 15 is 0 Å². The van der Waals surface area contributed by atoms with Crippen molar-refractivity contribution >= 4 is 5.91 Å². The number of nitrogens with two attached hydrogens (primary N) is 1. The van der Waals surface area contributed by atoms with Gasteiger partial charge < -0.3 is 10.8 Å². The summed E-state index contributed by atoms with van der Waals surface area (Å²) >= 11 is 0. The molecule has 0 bridgehead atoms. The van der Waals surface area contributed by atoms with E-state index in [1.54, 1.807) is 0 Å². The molecule has 1 rings (SSSR count). The number of carbonyl (C=O) groups excluding carboxylic acids is 1. The molecule has 3 N–H and O–H groups in total. The van der Waals surface area contributed by atoms with Crippen molar-refractivity contribution in [3.63, 3.8) is 0 Å². The van der Waals surface area contributed by atoms with Crippen LogP contribution < -0.4 is 5.73 Å². The van der Waals surface area contributed by atoms with Crippen LogP contribution in [0.15, 0.2) is 0 Å². The van der Waals surface area contributed by atoms with Gasteiger partial charge in [0.25, 0.3) is 0 Å². The van der Waals surface area contributed by atoms with E-state index in [4.69, 9.17) is 10.8 Å². The molecule has 1 saturated heterocycles. The van der Waals surface area contributed by atoms with Crippen molar-refractivity contribution < 1.29 is 9.90 Å². The van der Waals surface area contributed by atoms with Crippen molar-refractivity contribution in [2.24, 2.45) is 11.7 Å². The van der Waals surface area contributed by atoms with E-state index < -0.39 is 0 Å². The molecular formula is C8H16N2O2. The van der Waals surface area contributed by atoms with Crippen LogP contribution in [0.5, 0.6) is 0 Å². The first-order chi connectivity index (χ1) is 5.69. The summed E-state index contributed by atoms with van der Waals surface area (Å²) in [6.45, 7) is 3.77. The second-order valence-electron chi connectivity index (χ2n) is 3.33. The normalized spacial score (nSPS) is 21.8. The van der Waals surface area contributed by atoms with Crippen molar-refractivity contribution in [1.29, 1.82) is 0 Å². The molecule has 0 aliphatic carbocycles. The number of nitrogens with zero attached hydrogens (tertiary/aromatic N) is 1. The van der Waals surface area contributed by atoms with Crippen molar-refractivity contribution in [3.05, 3.63) is 0 Å². The molecule has 70 valence electrons. The number of amides is 1. The summed E-state index contributed by atoms with van der Waals surface area (Å²) in [5.41, 5.74) is 5.20. The maximum atomic E-state index is 10.9. The van der Waals surface area contributed by atoms with Gasteiger partial charge in [-0.3, -0.25) is 9.69 Å². The minimum atomic E-state index is -0.256. The topological polar surface area (TPSA) is 66.6 Å². The van der Waals surface area contributed by atoms with Gasteiger partial charge in [-0.15, -0.1) is 0 Å². The molecule has 1 aliphatic rings. The second-order valence-corrected chi connectivity index (χ2v) is 3.33. The molecule has 0 spiro atoms. The van der Waals surface area contributed by atoms with E-state index in [2.05, 4.69) is 0 Å². The quantitative estimate of drug-likeness (QED) is 0.582. The lowest BCUT2D eigenvalue weighted by Crippen LogP contribution is -2.57. The molecule has 0 saturated carbocycles. The molecule has 0 radical (unpaired) electrons. The molecule has 0 aromatic heterocycles. The van der Waals surface area contributed by atoms with Crippen molar-refractivity contribution in [3.8, 4) is 0 Å². The third-order valence-corrected chi connectivity index (χ3v) is 2.40. The fraction of sp³-hybridized carbons (Fsp3) is 0.875. The van der Waals surface area contributed by atoms with Crippen LogP contribution in [0.25, 0.3) is 0 Å². The molecule has 1 fully saturated rings. The minimum absolute atomic E-state index is 0.132. The zero-order chi connectivity index (χ0) is 9.14. The Morgan fingerprint density at radius 2 is 2.33 bits per heavy atom. The molecular weight excluding hydrogens is 156 g/mol. The monoisotopic (exact) mass is 172 g/mol. The predicted octanol–water partition coefficient (Wildman–Crippen LogP) is -0.826. The molecule has 0 aromatic rings. The Kier molecular flexibility index (Phi) is 3.05. The van der Waals surface area contributed by atoms with Gasteiger partial charge in [0.2, 0.25) is 5.91 Å². The van der Waals surface area contributed by atoms with Gasteiger partial charge in [0.1, 0.15) is 0 Å². The summed E-state index contributed by atoms with van der Waals surface area (Å²) in [4.78, 5) is 12.9. The third kappa shape index (κ3) is 1.76. The molecule has 12 heavy (non-hydrogen) atoms. The van der Waals surface area contributed by atoms with Crippen LogP contribution in [-0.4, -0.2) is 41.7 Å². The number of primary amides is 1. The smallest absolute Gasteiger partial charge is 0.234 e. The first-order valence-corrected chi connectivity index (χ1v) is 4.33. The molecule has 1 unspecified atom stereocenters. The lowest BCUT2D eigenvalue weighted by Gasteiger charge is -2.42. The number of hydrogen-bond acceptors (Lipinski definition) is 3. The summed E-state index contributed by atoms with van der Waals surface area (Å²) in [5.74, 6) is 0.0901. The number of carbonyl (C=O) groups is 1. The number of rotatable bonds is 4. The van der Waals surface area contributed by atoms with Gasteiger partial charge >= 0.3 is 0 Å². The molecule has 1 amide bonds. The lowest BCUT2D eigenvalue weighted by molar-refractivity contribution is -0.126. The van der Waals surface area contributed by atoms with Crippen LogP contribution in [0, 0.1) is 5.92 Å². The van der Waals surface area contributed by atoms with Crippen LogP contribution in [-0.2, 0) is 4.79 Å². The van der Waals surface area contributed by atoms with Crippen molar-refractivity contribution in [2.75, 3.05) is 19.7 Å². The SMILES string of the molecule is CCC(C(N)=O)N1CC(CO)C1. The third-order valence-electron chi connectivity index (χ3n) is 2.40. The zero-order valence-electron chi connectivity index (χ0n) is 7.36. The second kappa shape index (κ2) is 3.87. The lowest BCUT2D eigenvalue weighted by atomic mass is 9.97. The number of hydrogen-bond donors (Lipinski definition) is 2. The molecule has 1 atom stereocenters. The largest absolute Gasteiger partial charge is 0.396 e. The van der Waals surface area contributed by atoms with Gasteiger partial charge in [-0.1, -0.05) is 6.92 Å². The summed E-state index contributed by atoms with van der Waals surface area (Å²) in [7, 11) is 0. The highest BCUT2D eigenvalue weighted by molar-refractivity contribution is 5.79. The fourth-order valence-electron chi connectivity index (χ4n) is 1.62. The van der Waals surface area contributed by atoms with Crippen LogP contribution >= 0.6 is 0 Å². The summed E-state index contributed by atoms with van der Waals surface area (Å²) in [5, 5.41) is 8.75. The van der Waals surface area contributed by atoms with E-state index in [1.807, 2.05) is 11.8 Å². The first-order valence-electron chi connectivity index (χ1n) is 4.33. The minimum Gasteiger partial charge on any atom is -0.396 e. The van der Waals surface area contributed by atoms with Crippen LogP contribution in [0.1, 0.15) is 13.3 Å². The van der Waals surface area contributed by atoms with Crippen LogP contribution in [0.2, 0.25) is 0 Å². The Labute approximate surface area is 72.3 Å². The van der Waals surface area contributed by atoms with Gasteiger partial charge in [0.15, 0.2) is 0 Å². The summed E-state index contributed by atoms with van der Waals surface area (Å²) in [6.07, 6.45) is 0.757. The van der Waals surface area contributed by atoms with Crippen molar-refractivity contribution in [2.45, 2.75) is 19.4 Å². The highest BCUT2D eigenvalue weighted by Gasteiger charge is 2.33. The summed E-state index contributed by atoms with van der Waals surface area (Å²) in [6, 6.07) is -0.132. The number of aliphatic hydroxyl groups excluding tert-OH is 1. The molecule has 4 nitrogen and oxygen atoms in total. The van der Waals surface area contributed by atoms with E-state index in [1.165, 1.54) is 0 Å². The van der Waals surface area contributed by atoms with Gasteiger partial charge in [-0.05, 0) is 6.42 Å². The first kappa shape index (κ1) is 9.48. The molecule has 0 aromatic carbocycles. The molecule has 4 heteroatoms. The average molecular weight is 172 g/mol. The van der Waals surface area contributed by atoms with E-state index in [9.17, 15) is 4.79 Å². The molecule has 1 aliphatic heterocycles.